The molecule has 0 fully saturated rings. The van der Waals surface area contributed by atoms with Crippen LogP contribution < -0.4 is 10.6 Å². The number of fused-ring (bicyclic) bond motifs is 1. The molecule has 27 heavy (non-hydrogen) atoms. The van der Waals surface area contributed by atoms with Gasteiger partial charge in [-0.15, -0.1) is 12.4 Å². The second kappa shape index (κ2) is 9.42. The van der Waals surface area contributed by atoms with E-state index in [4.69, 9.17) is 5.73 Å². The molecule has 0 radical (unpaired) electrons. The number of hydrogen-bond acceptors (Lipinski definition) is 3. The van der Waals surface area contributed by atoms with Crippen LogP contribution in [0.3, 0.4) is 0 Å². The third-order valence-electron chi connectivity index (χ3n) is 4.85. The van der Waals surface area contributed by atoms with Crippen LogP contribution >= 0.6 is 12.4 Å². The van der Waals surface area contributed by atoms with Crippen molar-refractivity contribution in [2.24, 2.45) is 0 Å². The Morgan fingerprint density at radius 1 is 1.11 bits per heavy atom. The number of nitrogens with zero attached hydrogens (tertiary/aromatic N) is 2. The lowest BCUT2D eigenvalue weighted by atomic mass is 9.99. The van der Waals surface area contributed by atoms with Gasteiger partial charge in [-0.05, 0) is 36.1 Å². The van der Waals surface area contributed by atoms with Crippen LogP contribution in [0, 0.1) is 0 Å². The van der Waals surface area contributed by atoms with Gasteiger partial charge in [-0.3, -0.25) is 9.59 Å². The van der Waals surface area contributed by atoms with Gasteiger partial charge in [0.1, 0.15) is 0 Å². The molecule has 144 valence electrons. The first-order valence-corrected chi connectivity index (χ1v) is 9.03. The average Bonchev–Trinajstić information content (AvgIpc) is 2.65. The van der Waals surface area contributed by atoms with E-state index >= 15 is 0 Å². The Kier molecular flexibility index (Phi) is 7.25. The Balaban J connectivity index is 0.00000261. The first-order chi connectivity index (χ1) is 12.6. The van der Waals surface area contributed by atoms with E-state index in [-0.39, 0.29) is 24.2 Å². The Morgan fingerprint density at radius 2 is 1.85 bits per heavy atom. The number of amides is 2. The van der Waals surface area contributed by atoms with E-state index in [9.17, 15) is 9.59 Å². The summed E-state index contributed by atoms with van der Waals surface area (Å²) in [5.74, 6) is 0.0146. The van der Waals surface area contributed by atoms with Gasteiger partial charge in [-0.2, -0.15) is 0 Å². The van der Waals surface area contributed by atoms with Crippen LogP contribution in [0.4, 0.5) is 11.4 Å². The molecule has 0 aliphatic carbocycles. The van der Waals surface area contributed by atoms with E-state index in [0.717, 1.165) is 35.3 Å². The van der Waals surface area contributed by atoms with Crippen LogP contribution in [-0.4, -0.2) is 29.8 Å². The van der Waals surface area contributed by atoms with Crippen molar-refractivity contribution >= 4 is 35.6 Å². The van der Waals surface area contributed by atoms with Crippen LogP contribution in [0.1, 0.15) is 30.9 Å². The van der Waals surface area contributed by atoms with Crippen molar-refractivity contribution in [1.82, 2.24) is 4.90 Å². The van der Waals surface area contributed by atoms with Gasteiger partial charge in [-0.25, -0.2) is 0 Å². The van der Waals surface area contributed by atoms with Crippen LogP contribution in [0.2, 0.25) is 0 Å². The molecule has 2 aromatic carbocycles. The lowest BCUT2D eigenvalue weighted by molar-refractivity contribution is -0.130. The maximum absolute atomic E-state index is 12.8. The lowest BCUT2D eigenvalue weighted by Crippen LogP contribution is -2.38. The zero-order valence-corrected chi connectivity index (χ0v) is 16.4. The molecule has 0 saturated heterocycles. The number of hydrogen-bond donors (Lipinski definition) is 1. The third-order valence-corrected chi connectivity index (χ3v) is 4.85. The Labute approximate surface area is 166 Å². The molecular formula is C21H26ClN3O2. The summed E-state index contributed by atoms with van der Waals surface area (Å²) in [5.41, 5.74) is 9.84. The number of nitrogens with two attached hydrogens (primary N) is 1. The molecule has 2 N–H and O–H groups in total. The van der Waals surface area contributed by atoms with Gasteiger partial charge < -0.3 is 15.5 Å². The van der Waals surface area contributed by atoms with E-state index in [0.29, 0.717) is 26.1 Å². The number of anilines is 2. The van der Waals surface area contributed by atoms with Gasteiger partial charge in [0.05, 0.1) is 0 Å². The lowest BCUT2D eigenvalue weighted by Gasteiger charge is -2.31. The second-order valence-electron chi connectivity index (χ2n) is 6.67. The number of carbonyl (C=O) groups is 2. The van der Waals surface area contributed by atoms with Crippen molar-refractivity contribution in [3.63, 3.8) is 0 Å². The van der Waals surface area contributed by atoms with Gasteiger partial charge in [-0.1, -0.05) is 36.4 Å². The monoisotopic (exact) mass is 387 g/mol. The smallest absolute Gasteiger partial charge is 0.228 e. The Bertz CT molecular complexity index is 795. The first-order valence-electron chi connectivity index (χ1n) is 9.03. The van der Waals surface area contributed by atoms with E-state index in [1.54, 1.807) is 11.8 Å². The highest BCUT2D eigenvalue weighted by molar-refractivity contribution is 5.95. The van der Waals surface area contributed by atoms with Crippen LogP contribution in [-0.2, 0) is 22.6 Å². The van der Waals surface area contributed by atoms with Gasteiger partial charge in [0.15, 0.2) is 0 Å². The maximum atomic E-state index is 12.8. The molecule has 0 spiro atoms. The maximum Gasteiger partial charge on any atom is 0.228 e. The molecule has 3 rings (SSSR count). The molecule has 1 heterocycles. The molecule has 0 atom stereocenters. The van der Waals surface area contributed by atoms with Crippen molar-refractivity contribution in [2.45, 2.75) is 32.7 Å². The summed E-state index contributed by atoms with van der Waals surface area (Å²) in [6.07, 6.45) is 2.12. The van der Waals surface area contributed by atoms with Crippen LogP contribution in [0.5, 0.6) is 0 Å². The molecule has 2 amide bonds. The SMILES string of the molecule is CC(=O)N(CCC(=O)N1CCCc2c(N)cccc21)Cc1ccccc1.Cl. The Hall–Kier alpha value is -2.53. The zero-order chi connectivity index (χ0) is 18.5. The molecule has 0 aromatic heterocycles. The predicted octanol–water partition coefficient (Wildman–Crippen LogP) is 3.41. The van der Waals surface area contributed by atoms with Crippen molar-refractivity contribution < 1.29 is 9.59 Å². The molecule has 1 aliphatic heterocycles. The molecule has 6 heteroatoms. The summed E-state index contributed by atoms with van der Waals surface area (Å²) in [7, 11) is 0. The van der Waals surface area contributed by atoms with Crippen molar-refractivity contribution in [3.8, 4) is 0 Å². The molecule has 0 saturated carbocycles. The summed E-state index contributed by atoms with van der Waals surface area (Å²) in [6.45, 7) is 3.18. The highest BCUT2D eigenvalue weighted by atomic mass is 35.5. The summed E-state index contributed by atoms with van der Waals surface area (Å²) in [4.78, 5) is 28.3. The number of halogens is 1. The minimum absolute atomic E-state index is 0. The molecule has 0 bridgehead atoms. The van der Waals surface area contributed by atoms with Gasteiger partial charge in [0, 0.05) is 44.4 Å². The summed E-state index contributed by atoms with van der Waals surface area (Å²) in [5, 5.41) is 0. The highest BCUT2D eigenvalue weighted by Crippen LogP contribution is 2.31. The molecule has 2 aromatic rings. The number of benzene rings is 2. The fraction of sp³-hybridized carbons (Fsp3) is 0.333. The fourth-order valence-corrected chi connectivity index (χ4v) is 3.43. The third kappa shape index (κ3) is 5.01. The van der Waals surface area contributed by atoms with Crippen molar-refractivity contribution in [1.29, 1.82) is 0 Å². The number of nitrogen functional groups attached to an aromatic ring is 1. The van der Waals surface area contributed by atoms with E-state index in [1.807, 2.05) is 53.4 Å². The normalized spacial score (nSPS) is 12.7. The minimum Gasteiger partial charge on any atom is -0.398 e. The largest absolute Gasteiger partial charge is 0.398 e. The Morgan fingerprint density at radius 3 is 2.56 bits per heavy atom. The molecule has 0 unspecified atom stereocenters. The van der Waals surface area contributed by atoms with E-state index in [2.05, 4.69) is 0 Å². The number of carbonyl (C=O) groups excluding carboxylic acids is 2. The predicted molar refractivity (Wildman–Crippen MR) is 111 cm³/mol. The van der Waals surface area contributed by atoms with Crippen LogP contribution in [0.25, 0.3) is 0 Å². The van der Waals surface area contributed by atoms with E-state index in [1.165, 1.54) is 0 Å². The second-order valence-corrected chi connectivity index (χ2v) is 6.67. The molecule has 1 aliphatic rings. The molecular weight excluding hydrogens is 362 g/mol. The number of rotatable bonds is 5. The first kappa shape index (κ1) is 20.8. The zero-order valence-electron chi connectivity index (χ0n) is 15.6. The highest BCUT2D eigenvalue weighted by Gasteiger charge is 2.24. The quantitative estimate of drug-likeness (QED) is 0.799. The van der Waals surface area contributed by atoms with Gasteiger partial charge in [0.2, 0.25) is 11.8 Å². The fourth-order valence-electron chi connectivity index (χ4n) is 3.43. The summed E-state index contributed by atoms with van der Waals surface area (Å²) < 4.78 is 0. The van der Waals surface area contributed by atoms with Crippen molar-refractivity contribution in [2.75, 3.05) is 23.7 Å². The topological polar surface area (TPSA) is 66.6 Å². The molecule has 5 nitrogen and oxygen atoms in total. The standard InChI is InChI=1S/C21H25N3O2.ClH/c1-16(25)23(15-17-7-3-2-4-8-17)14-12-21(26)24-13-6-9-18-19(22)10-5-11-20(18)24;/h2-5,7-8,10-11H,6,9,12-15,22H2,1H3;1H. The summed E-state index contributed by atoms with van der Waals surface area (Å²) in [6, 6.07) is 15.5. The van der Waals surface area contributed by atoms with Gasteiger partial charge >= 0.3 is 0 Å². The minimum atomic E-state index is -0.0232. The average molecular weight is 388 g/mol. The summed E-state index contributed by atoms with van der Waals surface area (Å²) >= 11 is 0. The van der Waals surface area contributed by atoms with E-state index < -0.39 is 0 Å². The van der Waals surface area contributed by atoms with Gasteiger partial charge in [0.25, 0.3) is 0 Å². The van der Waals surface area contributed by atoms with Crippen molar-refractivity contribution in [3.05, 3.63) is 59.7 Å². The van der Waals surface area contributed by atoms with Crippen LogP contribution in [0.15, 0.2) is 48.5 Å².